The molecule has 0 aromatic heterocycles. The molecule has 3 rings (SSSR count). The Morgan fingerprint density at radius 2 is 1.50 bits per heavy atom. The van der Waals surface area contributed by atoms with Crippen molar-refractivity contribution in [2.24, 2.45) is 0 Å². The summed E-state index contributed by atoms with van der Waals surface area (Å²) < 4.78 is 32.7. The molecule has 1 amide bonds. The van der Waals surface area contributed by atoms with E-state index in [1.807, 2.05) is 31.2 Å². The molecule has 0 N–H and O–H groups in total. The first-order chi connectivity index (χ1) is 14.5. The van der Waals surface area contributed by atoms with E-state index in [2.05, 4.69) is 0 Å². The number of benzene rings is 3. The maximum absolute atomic E-state index is 13.2. The molecule has 0 spiro atoms. The van der Waals surface area contributed by atoms with Gasteiger partial charge in [-0.3, -0.25) is 4.79 Å². The number of sulfonamides is 1. The van der Waals surface area contributed by atoms with E-state index < -0.39 is 15.9 Å². The largest absolute Gasteiger partial charge is 0.494 e. The predicted molar refractivity (Wildman–Crippen MR) is 119 cm³/mol. The summed E-state index contributed by atoms with van der Waals surface area (Å²) in [6.07, 6.45) is 3.76. The van der Waals surface area contributed by atoms with Crippen LogP contribution in [0.4, 0.5) is 5.69 Å². The fourth-order valence-electron chi connectivity index (χ4n) is 2.78. The van der Waals surface area contributed by atoms with Gasteiger partial charge in [0.1, 0.15) is 5.75 Å². The first kappa shape index (κ1) is 21.3. The number of nitrogens with zero attached hydrogens (tertiary/aromatic N) is 1. The zero-order valence-corrected chi connectivity index (χ0v) is 17.5. The smallest absolute Gasteiger partial charge is 0.271 e. The Balaban J connectivity index is 1.89. The second kappa shape index (κ2) is 9.89. The zero-order valence-electron chi connectivity index (χ0n) is 16.6. The Morgan fingerprint density at radius 3 is 2.10 bits per heavy atom. The average Bonchev–Trinajstić information content (AvgIpc) is 2.78. The van der Waals surface area contributed by atoms with Crippen molar-refractivity contribution in [1.82, 2.24) is 0 Å². The second-order valence-electron chi connectivity index (χ2n) is 6.51. The molecule has 0 aliphatic carbocycles. The van der Waals surface area contributed by atoms with Crippen LogP contribution in [-0.4, -0.2) is 20.9 Å². The van der Waals surface area contributed by atoms with Crippen LogP contribution in [-0.2, 0) is 14.8 Å². The van der Waals surface area contributed by atoms with Crippen molar-refractivity contribution in [3.05, 3.63) is 96.6 Å². The van der Waals surface area contributed by atoms with Crippen LogP contribution in [0.3, 0.4) is 0 Å². The van der Waals surface area contributed by atoms with Crippen molar-refractivity contribution in [2.75, 3.05) is 10.9 Å². The number of ether oxygens (including phenoxy) is 1. The lowest BCUT2D eigenvalue weighted by Crippen LogP contribution is -2.35. The Labute approximate surface area is 177 Å². The van der Waals surface area contributed by atoms with Crippen molar-refractivity contribution in [2.45, 2.75) is 18.2 Å². The fraction of sp³-hybridized carbons (Fsp3) is 0.125. The van der Waals surface area contributed by atoms with Crippen molar-refractivity contribution >= 4 is 27.7 Å². The van der Waals surface area contributed by atoms with Gasteiger partial charge in [0.15, 0.2) is 0 Å². The Kier molecular flexibility index (Phi) is 7.03. The molecular formula is C24H23NO4S. The number of para-hydroxylation sites is 1. The fourth-order valence-corrected chi connectivity index (χ4v) is 4.18. The highest BCUT2D eigenvalue weighted by Gasteiger charge is 2.29. The van der Waals surface area contributed by atoms with E-state index >= 15 is 0 Å². The molecule has 0 aliphatic heterocycles. The van der Waals surface area contributed by atoms with E-state index in [0.717, 1.165) is 22.0 Å². The number of hydrogen-bond donors (Lipinski definition) is 0. The van der Waals surface area contributed by atoms with E-state index in [9.17, 15) is 13.2 Å². The van der Waals surface area contributed by atoms with Crippen molar-refractivity contribution in [1.29, 1.82) is 0 Å². The van der Waals surface area contributed by atoms with Gasteiger partial charge >= 0.3 is 0 Å². The molecular weight excluding hydrogens is 398 g/mol. The van der Waals surface area contributed by atoms with Gasteiger partial charge in [-0.15, -0.1) is 0 Å². The lowest BCUT2D eigenvalue weighted by Gasteiger charge is -2.21. The summed E-state index contributed by atoms with van der Waals surface area (Å²) in [7, 11) is -4.06. The molecule has 0 radical (unpaired) electrons. The minimum absolute atomic E-state index is 0.0491. The first-order valence-electron chi connectivity index (χ1n) is 9.62. The third-order valence-electron chi connectivity index (χ3n) is 4.24. The van der Waals surface area contributed by atoms with Gasteiger partial charge in [-0.25, -0.2) is 8.42 Å². The molecule has 6 heteroatoms. The van der Waals surface area contributed by atoms with Crippen LogP contribution in [0.25, 0.3) is 6.08 Å². The summed E-state index contributed by atoms with van der Waals surface area (Å²) in [4.78, 5) is 13.0. The minimum atomic E-state index is -4.06. The summed E-state index contributed by atoms with van der Waals surface area (Å²) in [6, 6.07) is 23.5. The summed E-state index contributed by atoms with van der Waals surface area (Å²) in [6.45, 7) is 2.67. The summed E-state index contributed by atoms with van der Waals surface area (Å²) in [5, 5.41) is 0. The Bertz CT molecular complexity index is 1090. The number of rotatable bonds is 8. The molecule has 0 heterocycles. The lowest BCUT2D eigenvalue weighted by molar-refractivity contribution is -0.113. The quantitative estimate of drug-likeness (QED) is 0.485. The average molecular weight is 422 g/mol. The molecule has 3 aromatic carbocycles. The number of carbonyl (C=O) groups excluding carboxylic acids is 1. The van der Waals surface area contributed by atoms with E-state index in [1.165, 1.54) is 18.2 Å². The summed E-state index contributed by atoms with van der Waals surface area (Å²) in [5.74, 6) is 0.0919. The van der Waals surface area contributed by atoms with Crippen molar-refractivity contribution in [3.63, 3.8) is 0 Å². The minimum Gasteiger partial charge on any atom is -0.494 e. The van der Waals surface area contributed by atoms with Crippen LogP contribution in [0.1, 0.15) is 18.9 Å². The molecule has 30 heavy (non-hydrogen) atoms. The monoisotopic (exact) mass is 421 g/mol. The molecule has 0 atom stereocenters. The van der Waals surface area contributed by atoms with E-state index in [-0.39, 0.29) is 10.6 Å². The van der Waals surface area contributed by atoms with Gasteiger partial charge in [0.05, 0.1) is 17.2 Å². The van der Waals surface area contributed by atoms with Gasteiger partial charge in [-0.2, -0.15) is 4.31 Å². The molecule has 0 fully saturated rings. The molecule has 0 aliphatic rings. The SMILES string of the molecule is CCCOc1ccc(/C=C/C(=O)N(c2ccccc2)S(=O)(=O)c2ccccc2)cc1. The highest BCUT2D eigenvalue weighted by molar-refractivity contribution is 7.93. The first-order valence-corrected chi connectivity index (χ1v) is 11.1. The van der Waals surface area contributed by atoms with Crippen molar-refractivity contribution < 1.29 is 17.9 Å². The topological polar surface area (TPSA) is 63.7 Å². The molecule has 5 nitrogen and oxygen atoms in total. The predicted octanol–water partition coefficient (Wildman–Crippen LogP) is 4.91. The maximum Gasteiger partial charge on any atom is 0.271 e. The van der Waals surface area contributed by atoms with Crippen LogP contribution in [0.5, 0.6) is 5.75 Å². The highest BCUT2D eigenvalue weighted by atomic mass is 32.2. The molecule has 3 aromatic rings. The summed E-state index contributed by atoms with van der Waals surface area (Å²) in [5.41, 5.74) is 1.04. The van der Waals surface area contributed by atoms with Gasteiger partial charge in [0.25, 0.3) is 15.9 Å². The molecule has 0 unspecified atom stereocenters. The van der Waals surface area contributed by atoms with Gasteiger partial charge in [-0.1, -0.05) is 55.5 Å². The van der Waals surface area contributed by atoms with Crippen LogP contribution >= 0.6 is 0 Å². The van der Waals surface area contributed by atoms with Gasteiger partial charge in [-0.05, 0) is 54.5 Å². The third kappa shape index (κ3) is 5.15. The standard InChI is InChI=1S/C24H23NO4S/c1-2-19-29-22-16-13-20(14-17-22)15-18-24(26)25(21-9-5-3-6-10-21)30(27,28)23-11-7-4-8-12-23/h3-18H,2,19H2,1H3/b18-15+. The summed E-state index contributed by atoms with van der Waals surface area (Å²) >= 11 is 0. The second-order valence-corrected chi connectivity index (χ2v) is 8.29. The number of hydrogen-bond acceptors (Lipinski definition) is 4. The molecule has 0 bridgehead atoms. The van der Waals surface area contributed by atoms with E-state index in [0.29, 0.717) is 6.61 Å². The number of amides is 1. The van der Waals surface area contributed by atoms with Gasteiger partial charge in [0.2, 0.25) is 0 Å². The highest BCUT2D eigenvalue weighted by Crippen LogP contribution is 2.24. The maximum atomic E-state index is 13.2. The normalized spacial score (nSPS) is 11.4. The molecule has 0 saturated heterocycles. The Hall–Kier alpha value is -3.38. The number of anilines is 1. The Morgan fingerprint density at radius 1 is 0.900 bits per heavy atom. The van der Waals surface area contributed by atoms with Crippen LogP contribution in [0, 0.1) is 0 Å². The number of carbonyl (C=O) groups is 1. The van der Waals surface area contributed by atoms with E-state index in [4.69, 9.17) is 4.74 Å². The third-order valence-corrected chi connectivity index (χ3v) is 5.98. The lowest BCUT2D eigenvalue weighted by atomic mass is 10.2. The van der Waals surface area contributed by atoms with Crippen LogP contribution < -0.4 is 9.04 Å². The van der Waals surface area contributed by atoms with Crippen molar-refractivity contribution in [3.8, 4) is 5.75 Å². The zero-order chi connectivity index (χ0) is 21.4. The van der Waals surface area contributed by atoms with E-state index in [1.54, 1.807) is 54.6 Å². The molecule has 154 valence electrons. The molecule has 0 saturated carbocycles. The van der Waals surface area contributed by atoms with Crippen LogP contribution in [0.15, 0.2) is 95.9 Å². The van der Waals surface area contributed by atoms with Gasteiger partial charge < -0.3 is 4.74 Å². The van der Waals surface area contributed by atoms with Gasteiger partial charge in [0, 0.05) is 6.08 Å². The van der Waals surface area contributed by atoms with Crippen LogP contribution in [0.2, 0.25) is 0 Å².